The van der Waals surface area contributed by atoms with Gasteiger partial charge in [0.05, 0.1) is 18.5 Å². The Morgan fingerprint density at radius 1 is 1.02 bits per heavy atom. The van der Waals surface area contributed by atoms with Crippen LogP contribution in [-0.4, -0.2) is 38.8 Å². The number of rotatable bonds is 5. The fourth-order valence-electron chi connectivity index (χ4n) is 5.19. The van der Waals surface area contributed by atoms with Crippen molar-refractivity contribution in [3.05, 3.63) is 84.1 Å². The molecule has 43 heavy (non-hydrogen) atoms. The topological polar surface area (TPSA) is 113 Å². The fourth-order valence-corrected chi connectivity index (χ4v) is 6.29. The maximum absolute atomic E-state index is 13.3. The highest BCUT2D eigenvalue weighted by Gasteiger charge is 2.23. The van der Waals surface area contributed by atoms with Crippen molar-refractivity contribution in [2.24, 2.45) is 7.05 Å². The first kappa shape index (κ1) is 28.0. The van der Waals surface area contributed by atoms with Gasteiger partial charge in [-0.2, -0.15) is 0 Å². The molecule has 2 aromatic carbocycles. The fraction of sp³-hybridized carbons (Fsp3) is 0.182. The highest BCUT2D eigenvalue weighted by molar-refractivity contribution is 7.18. The van der Waals surface area contributed by atoms with Crippen molar-refractivity contribution in [2.75, 3.05) is 18.2 Å². The molecular formula is C33H31N5O4S. The van der Waals surface area contributed by atoms with Crippen molar-refractivity contribution in [1.82, 2.24) is 14.1 Å². The third-order valence-corrected chi connectivity index (χ3v) is 8.20. The van der Waals surface area contributed by atoms with Crippen LogP contribution in [0.1, 0.15) is 31.3 Å². The minimum absolute atomic E-state index is 0.239. The number of carbonyl (C=O) groups is 2. The van der Waals surface area contributed by atoms with E-state index < -0.39 is 11.7 Å². The number of nitrogens with one attached hydrogen (secondary N) is 1. The number of amides is 1. The molecule has 0 aliphatic heterocycles. The number of aromatic nitrogens is 3. The Bertz CT molecular complexity index is 2030. The smallest absolute Gasteiger partial charge is 0.418 e. The Morgan fingerprint density at radius 2 is 1.81 bits per heavy atom. The van der Waals surface area contributed by atoms with Gasteiger partial charge in [-0.15, -0.1) is 11.3 Å². The standard InChI is InChI=1S/C33H31N5O4S/c1-33(2,3)42-32(40)38-14-8-11-25(38)21-17-35-30(34)28-22(18-43-29(21)28)19-12-13-23(27(16-19)41-5)36-31(39)26-15-20-9-6-7-10-24(20)37(26)4/h6-18H,1-5H3,(H2,34,35)(H,36,39). The van der Waals surface area contributed by atoms with Crippen LogP contribution in [0, 0.1) is 0 Å². The lowest BCUT2D eigenvalue weighted by Crippen LogP contribution is -2.27. The quantitative estimate of drug-likeness (QED) is 0.213. The second-order valence-corrected chi connectivity index (χ2v) is 12.1. The Morgan fingerprint density at radius 3 is 2.56 bits per heavy atom. The number of thiophene rings is 1. The summed E-state index contributed by atoms with van der Waals surface area (Å²) in [5, 5.41) is 6.77. The van der Waals surface area contributed by atoms with Crippen LogP contribution in [-0.2, 0) is 11.8 Å². The van der Waals surface area contributed by atoms with E-state index in [-0.39, 0.29) is 5.91 Å². The Kier molecular flexibility index (Phi) is 6.94. The Hall–Kier alpha value is -5.09. The van der Waals surface area contributed by atoms with Crippen LogP contribution >= 0.6 is 11.3 Å². The number of methoxy groups -OCH3 is 1. The van der Waals surface area contributed by atoms with Gasteiger partial charge < -0.3 is 25.1 Å². The summed E-state index contributed by atoms with van der Waals surface area (Å²) in [6, 6.07) is 19.0. The lowest BCUT2D eigenvalue weighted by Gasteiger charge is -2.20. The molecule has 4 aromatic heterocycles. The van der Waals surface area contributed by atoms with E-state index in [4.69, 9.17) is 15.2 Å². The lowest BCUT2D eigenvalue weighted by atomic mass is 10.0. The van der Waals surface area contributed by atoms with E-state index in [1.807, 2.05) is 92.4 Å². The molecule has 9 nitrogen and oxygen atoms in total. The zero-order valence-corrected chi connectivity index (χ0v) is 25.3. The third kappa shape index (κ3) is 5.10. The van der Waals surface area contributed by atoms with E-state index >= 15 is 0 Å². The van der Waals surface area contributed by atoms with E-state index in [1.165, 1.54) is 15.9 Å². The summed E-state index contributed by atoms with van der Waals surface area (Å²) < 4.78 is 15.5. The number of hydrogen-bond donors (Lipinski definition) is 2. The summed E-state index contributed by atoms with van der Waals surface area (Å²) in [5.74, 6) is 0.639. The number of ether oxygens (including phenoxy) is 2. The average Bonchev–Trinajstić information content (AvgIpc) is 3.71. The van der Waals surface area contributed by atoms with Crippen LogP contribution in [0.25, 0.3) is 43.4 Å². The van der Waals surface area contributed by atoms with E-state index in [0.717, 1.165) is 37.7 Å². The van der Waals surface area contributed by atoms with Gasteiger partial charge in [0.2, 0.25) is 0 Å². The summed E-state index contributed by atoms with van der Waals surface area (Å²) in [6.07, 6.45) is 2.89. The van der Waals surface area contributed by atoms with Crippen LogP contribution in [0.3, 0.4) is 0 Å². The number of benzene rings is 2. The molecule has 0 aliphatic rings. The molecule has 218 valence electrons. The van der Waals surface area contributed by atoms with Gasteiger partial charge in [0.25, 0.3) is 5.91 Å². The van der Waals surface area contributed by atoms with Crippen LogP contribution in [0.15, 0.2) is 78.4 Å². The van der Waals surface area contributed by atoms with Gasteiger partial charge in [-0.3, -0.25) is 9.36 Å². The number of anilines is 2. The van der Waals surface area contributed by atoms with E-state index in [1.54, 1.807) is 25.6 Å². The number of nitrogen functional groups attached to an aromatic ring is 1. The zero-order chi connectivity index (χ0) is 30.5. The number of nitrogens with two attached hydrogens (primary N) is 1. The van der Waals surface area contributed by atoms with E-state index in [9.17, 15) is 9.59 Å². The Labute approximate surface area is 252 Å². The van der Waals surface area contributed by atoms with Gasteiger partial charge in [-0.25, -0.2) is 9.78 Å². The lowest BCUT2D eigenvalue weighted by molar-refractivity contribution is 0.0540. The summed E-state index contributed by atoms with van der Waals surface area (Å²) in [7, 11) is 3.44. The predicted octanol–water partition coefficient (Wildman–Crippen LogP) is 7.55. The van der Waals surface area contributed by atoms with Crippen LogP contribution < -0.4 is 15.8 Å². The molecule has 6 rings (SSSR count). The first-order valence-corrected chi connectivity index (χ1v) is 14.5. The maximum atomic E-state index is 13.3. The van der Waals surface area contributed by atoms with Gasteiger partial charge in [0, 0.05) is 51.6 Å². The van der Waals surface area contributed by atoms with Crippen molar-refractivity contribution in [2.45, 2.75) is 26.4 Å². The molecule has 6 aromatic rings. The first-order chi connectivity index (χ1) is 20.6. The largest absolute Gasteiger partial charge is 0.495 e. The zero-order valence-electron chi connectivity index (χ0n) is 24.5. The number of fused-ring (bicyclic) bond motifs is 2. The second-order valence-electron chi connectivity index (χ2n) is 11.2. The van der Waals surface area contributed by atoms with E-state index in [2.05, 4.69) is 10.3 Å². The molecule has 4 heterocycles. The van der Waals surface area contributed by atoms with Crippen molar-refractivity contribution < 1.29 is 19.1 Å². The first-order valence-electron chi connectivity index (χ1n) is 13.7. The van der Waals surface area contributed by atoms with Gasteiger partial charge in [-0.1, -0.05) is 24.3 Å². The molecule has 0 spiro atoms. The number of pyridine rings is 1. The summed E-state index contributed by atoms with van der Waals surface area (Å²) in [5.41, 5.74) is 11.0. The minimum atomic E-state index is -0.636. The highest BCUT2D eigenvalue weighted by atomic mass is 32.1. The number of para-hydroxylation sites is 1. The number of carbonyl (C=O) groups excluding carboxylic acids is 2. The van der Waals surface area contributed by atoms with Gasteiger partial charge in [-0.05, 0) is 68.1 Å². The molecule has 0 saturated carbocycles. The van der Waals surface area contributed by atoms with Crippen LogP contribution in [0.5, 0.6) is 5.75 Å². The monoisotopic (exact) mass is 593 g/mol. The third-order valence-electron chi connectivity index (χ3n) is 7.18. The molecule has 0 aliphatic carbocycles. The summed E-state index contributed by atoms with van der Waals surface area (Å²) >= 11 is 1.51. The average molecular weight is 594 g/mol. The molecular weight excluding hydrogens is 562 g/mol. The molecule has 3 N–H and O–H groups in total. The molecule has 0 radical (unpaired) electrons. The normalized spacial score (nSPS) is 11.7. The number of hydrogen-bond acceptors (Lipinski definition) is 7. The number of nitrogens with zero attached hydrogens (tertiary/aromatic N) is 3. The molecule has 0 bridgehead atoms. The van der Waals surface area contributed by atoms with Gasteiger partial charge in [0.15, 0.2) is 0 Å². The van der Waals surface area contributed by atoms with Gasteiger partial charge in [0.1, 0.15) is 22.9 Å². The molecule has 0 fully saturated rings. The van der Waals surface area contributed by atoms with E-state index in [0.29, 0.717) is 28.6 Å². The van der Waals surface area contributed by atoms with Crippen molar-refractivity contribution in [1.29, 1.82) is 0 Å². The molecule has 0 atom stereocenters. The maximum Gasteiger partial charge on any atom is 0.418 e. The molecule has 10 heteroatoms. The summed E-state index contributed by atoms with van der Waals surface area (Å²) in [6.45, 7) is 5.49. The molecule has 0 unspecified atom stereocenters. The van der Waals surface area contributed by atoms with Crippen molar-refractivity contribution in [3.8, 4) is 28.1 Å². The minimum Gasteiger partial charge on any atom is -0.495 e. The molecule has 1 amide bonds. The Balaban J connectivity index is 1.35. The SMILES string of the molecule is COc1cc(-c2csc3c(-c4cccn4C(=O)OC(C)(C)C)cnc(N)c23)ccc1NC(=O)c1cc2ccccc2n1C. The second kappa shape index (κ2) is 10.6. The molecule has 0 saturated heterocycles. The number of aryl methyl sites for hydroxylation is 1. The van der Waals surface area contributed by atoms with Gasteiger partial charge >= 0.3 is 6.09 Å². The predicted molar refractivity (Wildman–Crippen MR) is 172 cm³/mol. The summed E-state index contributed by atoms with van der Waals surface area (Å²) in [4.78, 5) is 30.7. The van der Waals surface area contributed by atoms with Crippen molar-refractivity contribution >= 4 is 55.8 Å². The van der Waals surface area contributed by atoms with Crippen molar-refractivity contribution in [3.63, 3.8) is 0 Å². The van der Waals surface area contributed by atoms with Crippen LogP contribution in [0.4, 0.5) is 16.3 Å². The van der Waals surface area contributed by atoms with Crippen LogP contribution in [0.2, 0.25) is 0 Å². The highest BCUT2D eigenvalue weighted by Crippen LogP contribution is 2.43.